The summed E-state index contributed by atoms with van der Waals surface area (Å²) in [7, 11) is 0. The van der Waals surface area contributed by atoms with Crippen LogP contribution in [-0.2, 0) is 12.8 Å². The van der Waals surface area contributed by atoms with Gasteiger partial charge in [0.05, 0.1) is 11.1 Å². The van der Waals surface area contributed by atoms with Gasteiger partial charge in [0.15, 0.2) is 0 Å². The average molecular weight is 487 g/mol. The van der Waals surface area contributed by atoms with Crippen molar-refractivity contribution >= 4 is 11.9 Å². The molecule has 0 fully saturated rings. The Morgan fingerprint density at radius 3 is 1.22 bits per heavy atom. The van der Waals surface area contributed by atoms with E-state index < -0.39 is 11.9 Å². The van der Waals surface area contributed by atoms with Crippen molar-refractivity contribution in [1.82, 2.24) is 0 Å². The van der Waals surface area contributed by atoms with Crippen LogP contribution < -0.4 is 0 Å². The molecule has 0 aliphatic heterocycles. The lowest BCUT2D eigenvalue weighted by Crippen LogP contribution is -2.00. The Morgan fingerprint density at radius 2 is 0.917 bits per heavy atom. The Labute approximate surface area is 215 Å². The third-order valence-corrected chi connectivity index (χ3v) is 6.81. The molecule has 0 saturated heterocycles. The van der Waals surface area contributed by atoms with Gasteiger partial charge in [-0.15, -0.1) is 0 Å². The van der Waals surface area contributed by atoms with E-state index in [9.17, 15) is 19.8 Å². The van der Waals surface area contributed by atoms with E-state index in [0.29, 0.717) is 0 Å². The largest absolute Gasteiger partial charge is 0.478 e. The Hall–Kier alpha value is -3.40. The van der Waals surface area contributed by atoms with Gasteiger partial charge < -0.3 is 10.2 Å². The number of aromatic carboxylic acids is 2. The van der Waals surface area contributed by atoms with Gasteiger partial charge in [-0.25, -0.2) is 9.59 Å². The van der Waals surface area contributed by atoms with Gasteiger partial charge in [0.1, 0.15) is 0 Å². The second-order valence-electron chi connectivity index (χ2n) is 9.55. The summed E-state index contributed by atoms with van der Waals surface area (Å²) in [4.78, 5) is 22.7. The lowest BCUT2D eigenvalue weighted by Gasteiger charge is -2.18. The number of carboxylic acids is 2. The molecule has 0 spiro atoms. The van der Waals surface area contributed by atoms with Crippen molar-refractivity contribution in [2.75, 3.05) is 0 Å². The lowest BCUT2D eigenvalue weighted by molar-refractivity contribution is 0.0686. The van der Waals surface area contributed by atoms with Crippen LogP contribution in [0.25, 0.3) is 22.3 Å². The van der Waals surface area contributed by atoms with Crippen molar-refractivity contribution in [1.29, 1.82) is 0 Å². The number of hydrogen-bond donors (Lipinski definition) is 2. The zero-order valence-corrected chi connectivity index (χ0v) is 21.6. The maximum Gasteiger partial charge on any atom is 0.335 e. The molecule has 0 saturated carbocycles. The van der Waals surface area contributed by atoms with E-state index in [1.54, 1.807) is 24.3 Å². The first-order chi connectivity index (χ1) is 17.4. The summed E-state index contributed by atoms with van der Waals surface area (Å²) in [5.41, 5.74) is 7.49. The van der Waals surface area contributed by atoms with Crippen molar-refractivity contribution in [3.8, 4) is 22.3 Å². The van der Waals surface area contributed by atoms with Gasteiger partial charge in [-0.05, 0) is 83.3 Å². The summed E-state index contributed by atoms with van der Waals surface area (Å²) in [6.07, 6.45) is 11.2. The summed E-state index contributed by atoms with van der Waals surface area (Å²) in [6, 6.07) is 18.9. The van der Waals surface area contributed by atoms with Crippen LogP contribution in [0.2, 0.25) is 0 Å². The van der Waals surface area contributed by atoms with Crippen LogP contribution in [0.1, 0.15) is 97.1 Å². The standard InChI is InChI=1S/C32H38O4/c1-3-5-7-9-11-27-21-30(24-15-19-26(20-16-24)32(35)36)28(12-10-8-6-4-2)22-29(27)23-13-17-25(18-14-23)31(33)34/h13-22H,3-12H2,1-2H3,(H,33,34)(H,35,36). The van der Waals surface area contributed by atoms with Gasteiger partial charge in [0.25, 0.3) is 0 Å². The predicted octanol–water partition coefficient (Wildman–Crippen LogP) is 8.66. The van der Waals surface area contributed by atoms with Gasteiger partial charge in [-0.3, -0.25) is 0 Å². The van der Waals surface area contributed by atoms with Crippen LogP contribution in [0.4, 0.5) is 0 Å². The fourth-order valence-corrected chi connectivity index (χ4v) is 4.71. The molecule has 3 aromatic carbocycles. The first-order valence-corrected chi connectivity index (χ1v) is 13.3. The Bertz CT molecular complexity index is 1050. The van der Waals surface area contributed by atoms with Crippen LogP contribution in [0.5, 0.6) is 0 Å². The topological polar surface area (TPSA) is 74.6 Å². The van der Waals surface area contributed by atoms with Gasteiger partial charge >= 0.3 is 11.9 Å². The zero-order chi connectivity index (χ0) is 25.9. The van der Waals surface area contributed by atoms with Crippen molar-refractivity contribution in [3.05, 3.63) is 82.9 Å². The Balaban J connectivity index is 2.08. The number of carboxylic acid groups (broad SMARTS) is 2. The van der Waals surface area contributed by atoms with Crippen LogP contribution in [-0.4, -0.2) is 22.2 Å². The molecule has 0 unspecified atom stereocenters. The van der Waals surface area contributed by atoms with E-state index in [1.165, 1.54) is 60.8 Å². The van der Waals surface area contributed by atoms with Gasteiger partial charge in [-0.2, -0.15) is 0 Å². The molecule has 4 nitrogen and oxygen atoms in total. The van der Waals surface area contributed by atoms with E-state index in [2.05, 4.69) is 26.0 Å². The monoisotopic (exact) mass is 486 g/mol. The number of rotatable bonds is 14. The molecular weight excluding hydrogens is 448 g/mol. The summed E-state index contributed by atoms with van der Waals surface area (Å²) >= 11 is 0. The number of aryl methyl sites for hydroxylation is 2. The van der Waals surface area contributed by atoms with Gasteiger partial charge in [0.2, 0.25) is 0 Å². The van der Waals surface area contributed by atoms with Crippen molar-refractivity contribution in [2.24, 2.45) is 0 Å². The quantitative estimate of drug-likeness (QED) is 0.224. The van der Waals surface area contributed by atoms with Crippen LogP contribution in [0, 0.1) is 0 Å². The van der Waals surface area contributed by atoms with Crippen LogP contribution in [0.3, 0.4) is 0 Å². The second kappa shape index (κ2) is 13.6. The molecule has 0 aromatic heterocycles. The second-order valence-corrected chi connectivity index (χ2v) is 9.55. The van der Waals surface area contributed by atoms with E-state index in [-0.39, 0.29) is 11.1 Å². The van der Waals surface area contributed by atoms with E-state index in [1.807, 2.05) is 24.3 Å². The van der Waals surface area contributed by atoms with E-state index in [0.717, 1.165) is 36.8 Å². The highest BCUT2D eigenvalue weighted by Gasteiger charge is 2.15. The molecule has 0 heterocycles. The third kappa shape index (κ3) is 7.30. The Kier molecular flexibility index (Phi) is 10.3. The molecule has 0 bridgehead atoms. The molecule has 0 radical (unpaired) electrons. The summed E-state index contributed by atoms with van der Waals surface area (Å²) in [6.45, 7) is 4.42. The highest BCUT2D eigenvalue weighted by atomic mass is 16.4. The van der Waals surface area contributed by atoms with E-state index in [4.69, 9.17) is 0 Å². The summed E-state index contributed by atoms with van der Waals surface area (Å²) in [5, 5.41) is 18.7. The van der Waals surface area contributed by atoms with Crippen molar-refractivity contribution in [2.45, 2.75) is 78.1 Å². The normalized spacial score (nSPS) is 10.9. The molecule has 3 rings (SSSR count). The highest BCUT2D eigenvalue weighted by Crippen LogP contribution is 2.35. The number of hydrogen-bond acceptors (Lipinski definition) is 2. The lowest BCUT2D eigenvalue weighted by atomic mass is 9.86. The first kappa shape index (κ1) is 27.2. The first-order valence-electron chi connectivity index (χ1n) is 13.3. The molecular formula is C32H38O4. The van der Waals surface area contributed by atoms with Crippen LogP contribution in [0.15, 0.2) is 60.7 Å². The summed E-state index contributed by atoms with van der Waals surface area (Å²) in [5.74, 6) is -1.84. The molecule has 3 aromatic rings. The minimum atomic E-state index is -0.918. The minimum absolute atomic E-state index is 0.290. The van der Waals surface area contributed by atoms with Crippen molar-refractivity contribution in [3.63, 3.8) is 0 Å². The molecule has 2 N–H and O–H groups in total. The fourth-order valence-electron chi connectivity index (χ4n) is 4.71. The third-order valence-electron chi connectivity index (χ3n) is 6.81. The smallest absolute Gasteiger partial charge is 0.335 e. The fraction of sp³-hybridized carbons (Fsp3) is 0.375. The minimum Gasteiger partial charge on any atom is -0.478 e. The molecule has 0 atom stereocenters. The average Bonchev–Trinajstić information content (AvgIpc) is 2.89. The number of unbranched alkanes of at least 4 members (excludes halogenated alkanes) is 6. The molecule has 190 valence electrons. The number of benzene rings is 3. The molecule has 4 heteroatoms. The SMILES string of the molecule is CCCCCCc1cc(-c2ccc(C(=O)O)cc2)c(CCCCCC)cc1-c1ccc(C(=O)O)cc1. The van der Waals surface area contributed by atoms with Crippen LogP contribution >= 0.6 is 0 Å². The Morgan fingerprint density at radius 1 is 0.556 bits per heavy atom. The number of carbonyl (C=O) groups is 2. The maximum absolute atomic E-state index is 11.4. The predicted molar refractivity (Wildman–Crippen MR) is 147 cm³/mol. The highest BCUT2D eigenvalue weighted by molar-refractivity contribution is 5.89. The van der Waals surface area contributed by atoms with E-state index >= 15 is 0 Å². The van der Waals surface area contributed by atoms with Gasteiger partial charge in [0, 0.05) is 0 Å². The maximum atomic E-state index is 11.4. The molecule has 0 aliphatic rings. The van der Waals surface area contributed by atoms with Gasteiger partial charge in [-0.1, -0.05) is 88.8 Å². The molecule has 0 amide bonds. The summed E-state index contributed by atoms with van der Waals surface area (Å²) < 4.78 is 0. The zero-order valence-electron chi connectivity index (χ0n) is 21.6. The molecule has 36 heavy (non-hydrogen) atoms. The van der Waals surface area contributed by atoms with Crippen molar-refractivity contribution < 1.29 is 19.8 Å². The molecule has 0 aliphatic carbocycles.